The fourth-order valence-corrected chi connectivity index (χ4v) is 3.15. The van der Waals surface area contributed by atoms with E-state index in [9.17, 15) is 26.3 Å². The van der Waals surface area contributed by atoms with Crippen LogP contribution >= 0.6 is 0 Å². The summed E-state index contributed by atoms with van der Waals surface area (Å²) < 4.78 is 85.3. The molecule has 0 saturated carbocycles. The Morgan fingerprint density at radius 2 is 1.66 bits per heavy atom. The third-order valence-electron chi connectivity index (χ3n) is 4.63. The molecule has 172 valence electrons. The molecule has 11 heteroatoms. The minimum Gasteiger partial charge on any atom is -0.477 e. The van der Waals surface area contributed by atoms with Crippen molar-refractivity contribution in [2.45, 2.75) is 18.8 Å². The van der Waals surface area contributed by atoms with Gasteiger partial charge in [-0.2, -0.15) is 31.3 Å². The second kappa shape index (κ2) is 8.81. The quantitative estimate of drug-likeness (QED) is 0.404. The lowest BCUT2D eigenvalue weighted by molar-refractivity contribution is -0.142. The molecule has 5 nitrogen and oxygen atoms in total. The van der Waals surface area contributed by atoms with Crippen LogP contribution in [0.25, 0.3) is 22.0 Å². The molecular formula is C21H20F6N4O. The largest absolute Gasteiger partial charge is 0.477 e. The highest BCUT2D eigenvalue weighted by molar-refractivity contribution is 5.89. The number of nitrogens with zero attached hydrogens (tertiary/aromatic N) is 3. The summed E-state index contributed by atoms with van der Waals surface area (Å²) in [6.07, 6.45) is -9.23. The summed E-state index contributed by atoms with van der Waals surface area (Å²) in [5.41, 5.74) is 2.91. The maximum atomic E-state index is 13.6. The zero-order valence-electron chi connectivity index (χ0n) is 17.2. The molecule has 2 aromatic carbocycles. The van der Waals surface area contributed by atoms with Crippen LogP contribution in [0, 0.1) is 0 Å². The Hall–Kier alpha value is -3.08. The number of hydrogen-bond donors (Lipinski definition) is 1. The highest BCUT2D eigenvalue weighted by Gasteiger charge is 2.38. The third kappa shape index (κ3) is 5.39. The molecule has 0 fully saturated rings. The number of benzene rings is 2. The second-order valence-electron chi connectivity index (χ2n) is 7.38. The van der Waals surface area contributed by atoms with Crippen LogP contribution in [0.2, 0.25) is 0 Å². The third-order valence-corrected chi connectivity index (χ3v) is 4.63. The molecule has 3 aromatic rings. The molecule has 0 amide bonds. The number of anilines is 1. The maximum Gasteiger partial charge on any atom is 0.417 e. The summed E-state index contributed by atoms with van der Waals surface area (Å²) in [5, 5.41) is 0.301. The lowest BCUT2D eigenvalue weighted by Crippen LogP contribution is -2.16. The van der Waals surface area contributed by atoms with Crippen molar-refractivity contribution in [1.82, 2.24) is 14.9 Å². The summed E-state index contributed by atoms with van der Waals surface area (Å²) in [6, 6.07) is 5.65. The van der Waals surface area contributed by atoms with Crippen molar-refractivity contribution in [2.75, 3.05) is 33.0 Å². The zero-order valence-corrected chi connectivity index (χ0v) is 17.2. The molecule has 0 spiro atoms. The SMILES string of the molecule is CN(C)CCCOc1nc(N)nc2ccc(-c3ccc(C(F)(F)F)cc3C(F)(F)F)cc12. The van der Waals surface area contributed by atoms with Crippen LogP contribution in [0.3, 0.4) is 0 Å². The maximum absolute atomic E-state index is 13.6. The minimum absolute atomic E-state index is 0.0464. The molecule has 1 aromatic heterocycles. The van der Waals surface area contributed by atoms with Crippen molar-refractivity contribution in [3.63, 3.8) is 0 Å². The lowest BCUT2D eigenvalue weighted by Gasteiger charge is -2.17. The number of alkyl halides is 6. The van der Waals surface area contributed by atoms with Gasteiger partial charge in [0.1, 0.15) is 0 Å². The van der Waals surface area contributed by atoms with E-state index in [4.69, 9.17) is 10.5 Å². The number of nitrogen functional groups attached to an aromatic ring is 1. The monoisotopic (exact) mass is 458 g/mol. The van der Waals surface area contributed by atoms with Gasteiger partial charge in [0.2, 0.25) is 11.8 Å². The molecule has 0 aliphatic heterocycles. The highest BCUT2D eigenvalue weighted by Crippen LogP contribution is 2.41. The molecule has 0 atom stereocenters. The zero-order chi connectivity index (χ0) is 23.7. The van der Waals surface area contributed by atoms with E-state index in [1.54, 1.807) is 0 Å². The van der Waals surface area contributed by atoms with Gasteiger partial charge in [-0.25, -0.2) is 4.98 Å². The van der Waals surface area contributed by atoms with Crippen molar-refractivity contribution in [3.8, 4) is 17.0 Å². The minimum atomic E-state index is -4.99. The van der Waals surface area contributed by atoms with E-state index in [0.29, 0.717) is 23.4 Å². The number of nitrogens with two attached hydrogens (primary N) is 1. The average Bonchev–Trinajstić information content (AvgIpc) is 2.68. The van der Waals surface area contributed by atoms with Gasteiger partial charge >= 0.3 is 12.4 Å². The first-order chi connectivity index (χ1) is 14.9. The molecule has 0 saturated heterocycles. The van der Waals surface area contributed by atoms with Crippen LogP contribution in [-0.2, 0) is 12.4 Å². The summed E-state index contributed by atoms with van der Waals surface area (Å²) in [6.45, 7) is 1.02. The van der Waals surface area contributed by atoms with Gasteiger partial charge in [-0.05, 0) is 55.9 Å². The van der Waals surface area contributed by atoms with E-state index in [0.717, 1.165) is 12.6 Å². The number of rotatable bonds is 6. The number of ether oxygens (including phenoxy) is 1. The standard InChI is InChI=1S/C21H20F6N4O/c1-31(2)8-3-9-32-18-15-10-12(4-7-17(15)29-19(28)30-18)14-6-5-13(20(22,23)24)11-16(14)21(25,26)27/h4-7,10-11H,3,8-9H2,1-2H3,(H2,28,29,30). The predicted molar refractivity (Wildman–Crippen MR) is 108 cm³/mol. The van der Waals surface area contributed by atoms with E-state index in [1.165, 1.54) is 18.2 Å². The van der Waals surface area contributed by atoms with Crippen LogP contribution in [0.5, 0.6) is 5.88 Å². The number of hydrogen-bond acceptors (Lipinski definition) is 5. The molecule has 0 aliphatic carbocycles. The molecular weight excluding hydrogens is 438 g/mol. The fraction of sp³-hybridized carbons (Fsp3) is 0.333. The Bertz CT molecular complexity index is 1110. The van der Waals surface area contributed by atoms with Gasteiger partial charge < -0.3 is 15.4 Å². The van der Waals surface area contributed by atoms with E-state index >= 15 is 0 Å². The van der Waals surface area contributed by atoms with Crippen LogP contribution in [-0.4, -0.2) is 42.1 Å². The predicted octanol–water partition coefficient (Wildman–Crippen LogP) is 5.25. The van der Waals surface area contributed by atoms with Gasteiger partial charge in [0, 0.05) is 6.54 Å². The summed E-state index contributed by atoms with van der Waals surface area (Å²) in [7, 11) is 3.79. The van der Waals surface area contributed by atoms with Gasteiger partial charge in [-0.1, -0.05) is 12.1 Å². The Kier molecular flexibility index (Phi) is 6.49. The summed E-state index contributed by atoms with van der Waals surface area (Å²) >= 11 is 0. The van der Waals surface area contributed by atoms with Gasteiger partial charge in [-0.3, -0.25) is 0 Å². The molecule has 32 heavy (non-hydrogen) atoms. The molecule has 1 heterocycles. The van der Waals surface area contributed by atoms with Crippen molar-refractivity contribution >= 4 is 16.9 Å². The van der Waals surface area contributed by atoms with Crippen LogP contribution < -0.4 is 10.5 Å². The van der Waals surface area contributed by atoms with Crippen molar-refractivity contribution in [3.05, 3.63) is 47.5 Å². The second-order valence-corrected chi connectivity index (χ2v) is 7.38. The highest BCUT2D eigenvalue weighted by atomic mass is 19.4. The van der Waals surface area contributed by atoms with Gasteiger partial charge in [0.15, 0.2) is 0 Å². The van der Waals surface area contributed by atoms with Crippen molar-refractivity contribution in [1.29, 1.82) is 0 Å². The smallest absolute Gasteiger partial charge is 0.417 e. The topological polar surface area (TPSA) is 64.3 Å². The van der Waals surface area contributed by atoms with E-state index in [-0.39, 0.29) is 30.1 Å². The van der Waals surface area contributed by atoms with Crippen molar-refractivity contribution < 1.29 is 31.1 Å². The Morgan fingerprint density at radius 1 is 0.938 bits per heavy atom. The van der Waals surface area contributed by atoms with Crippen LogP contribution in [0.15, 0.2) is 36.4 Å². The molecule has 0 bridgehead atoms. The van der Waals surface area contributed by atoms with E-state index in [1.807, 2.05) is 19.0 Å². The number of fused-ring (bicyclic) bond motifs is 1. The van der Waals surface area contributed by atoms with E-state index in [2.05, 4.69) is 9.97 Å². The average molecular weight is 458 g/mol. The first kappa shape index (κ1) is 23.6. The molecule has 3 rings (SSSR count). The number of aromatic nitrogens is 2. The molecule has 0 aliphatic rings. The first-order valence-electron chi connectivity index (χ1n) is 9.50. The van der Waals surface area contributed by atoms with Crippen molar-refractivity contribution in [2.24, 2.45) is 0 Å². The molecule has 2 N–H and O–H groups in total. The number of halogens is 6. The fourth-order valence-electron chi connectivity index (χ4n) is 3.15. The van der Waals surface area contributed by atoms with Gasteiger partial charge in [0.05, 0.1) is 28.6 Å². The summed E-state index contributed by atoms with van der Waals surface area (Å²) in [4.78, 5) is 10.0. The molecule has 0 unspecified atom stereocenters. The van der Waals surface area contributed by atoms with Gasteiger partial charge in [-0.15, -0.1) is 0 Å². The lowest BCUT2D eigenvalue weighted by atomic mass is 9.96. The van der Waals surface area contributed by atoms with E-state index < -0.39 is 29.0 Å². The Balaban J connectivity index is 2.08. The first-order valence-corrected chi connectivity index (χ1v) is 9.50. The Morgan fingerprint density at radius 3 is 2.28 bits per heavy atom. The van der Waals surface area contributed by atoms with Crippen LogP contribution in [0.4, 0.5) is 32.3 Å². The normalized spacial score (nSPS) is 12.5. The summed E-state index contributed by atoms with van der Waals surface area (Å²) in [5.74, 6) is 0.0203. The Labute approximate surface area is 179 Å². The van der Waals surface area contributed by atoms with Gasteiger partial charge in [0.25, 0.3) is 0 Å². The molecule has 0 radical (unpaired) electrons. The van der Waals surface area contributed by atoms with Crippen LogP contribution in [0.1, 0.15) is 17.5 Å².